The summed E-state index contributed by atoms with van der Waals surface area (Å²) in [6.45, 7) is 1.80. The van der Waals surface area contributed by atoms with E-state index in [1.807, 2.05) is 0 Å². The molecule has 0 heterocycles. The molecule has 0 aliphatic carbocycles. The smallest absolute Gasteiger partial charge is 0.352 e. The van der Waals surface area contributed by atoms with Crippen LogP contribution in [0.3, 0.4) is 0 Å². The number of nitrogens with one attached hydrogen (secondary N) is 1. The van der Waals surface area contributed by atoms with Crippen LogP contribution < -0.4 is 5.32 Å². The SMILES string of the molecule is CC/C=C(/NC(=O)c1ccccc1)C(=O)O. The molecule has 4 nitrogen and oxygen atoms in total. The Labute approximate surface area is 93.6 Å². The number of aliphatic carboxylic acids is 1. The van der Waals surface area contributed by atoms with Gasteiger partial charge in [-0.25, -0.2) is 4.79 Å². The normalized spacial score (nSPS) is 10.9. The molecule has 0 atom stereocenters. The first-order chi connectivity index (χ1) is 7.65. The second-order valence-electron chi connectivity index (χ2n) is 3.15. The van der Waals surface area contributed by atoms with E-state index in [9.17, 15) is 9.59 Å². The van der Waals surface area contributed by atoms with Crippen LogP contribution in [0.4, 0.5) is 0 Å². The van der Waals surface area contributed by atoms with Gasteiger partial charge >= 0.3 is 5.97 Å². The van der Waals surface area contributed by atoms with Crippen LogP contribution in [0.15, 0.2) is 42.1 Å². The molecule has 0 aliphatic rings. The molecular weight excluding hydrogens is 206 g/mol. The maximum Gasteiger partial charge on any atom is 0.352 e. The second kappa shape index (κ2) is 5.70. The highest BCUT2D eigenvalue weighted by molar-refractivity contribution is 6.00. The third-order valence-electron chi connectivity index (χ3n) is 1.92. The highest BCUT2D eigenvalue weighted by atomic mass is 16.4. The highest BCUT2D eigenvalue weighted by Crippen LogP contribution is 2.01. The average molecular weight is 219 g/mol. The number of hydrogen-bond acceptors (Lipinski definition) is 2. The van der Waals surface area contributed by atoms with Gasteiger partial charge in [0.25, 0.3) is 5.91 Å². The molecule has 0 radical (unpaired) electrons. The van der Waals surface area contributed by atoms with Crippen LogP contribution in [0.5, 0.6) is 0 Å². The first-order valence-corrected chi connectivity index (χ1v) is 4.95. The number of rotatable bonds is 4. The summed E-state index contributed by atoms with van der Waals surface area (Å²) in [7, 11) is 0. The molecule has 0 saturated carbocycles. The van der Waals surface area contributed by atoms with E-state index in [1.54, 1.807) is 37.3 Å². The number of carboxylic acids is 1. The Morgan fingerprint density at radius 1 is 1.31 bits per heavy atom. The van der Waals surface area contributed by atoms with E-state index in [0.29, 0.717) is 12.0 Å². The van der Waals surface area contributed by atoms with Crippen LogP contribution in [0, 0.1) is 0 Å². The summed E-state index contributed by atoms with van der Waals surface area (Å²) >= 11 is 0. The van der Waals surface area contributed by atoms with Crippen molar-refractivity contribution in [1.82, 2.24) is 5.32 Å². The molecule has 0 aromatic heterocycles. The van der Waals surface area contributed by atoms with Gasteiger partial charge in [-0.1, -0.05) is 31.2 Å². The maximum absolute atomic E-state index is 11.6. The van der Waals surface area contributed by atoms with Crippen molar-refractivity contribution in [3.63, 3.8) is 0 Å². The molecule has 84 valence electrons. The Kier molecular flexibility index (Phi) is 4.27. The lowest BCUT2D eigenvalue weighted by Gasteiger charge is -2.05. The molecule has 1 aromatic carbocycles. The van der Waals surface area contributed by atoms with Gasteiger partial charge in [-0.15, -0.1) is 0 Å². The fraction of sp³-hybridized carbons (Fsp3) is 0.167. The molecule has 0 saturated heterocycles. The van der Waals surface area contributed by atoms with Gasteiger partial charge in [-0.3, -0.25) is 4.79 Å². The number of carbonyl (C=O) groups excluding carboxylic acids is 1. The minimum atomic E-state index is -1.13. The number of carboxylic acid groups (broad SMARTS) is 1. The number of amides is 1. The monoisotopic (exact) mass is 219 g/mol. The molecule has 0 aliphatic heterocycles. The van der Waals surface area contributed by atoms with Crippen molar-refractivity contribution >= 4 is 11.9 Å². The molecule has 0 unspecified atom stereocenters. The van der Waals surface area contributed by atoms with Crippen LogP contribution in [0.2, 0.25) is 0 Å². The van der Waals surface area contributed by atoms with Gasteiger partial charge in [0.1, 0.15) is 5.70 Å². The highest BCUT2D eigenvalue weighted by Gasteiger charge is 2.11. The van der Waals surface area contributed by atoms with Crippen molar-refractivity contribution in [3.8, 4) is 0 Å². The minimum absolute atomic E-state index is 0.0867. The summed E-state index contributed by atoms with van der Waals surface area (Å²) in [6.07, 6.45) is 2.01. The van der Waals surface area contributed by atoms with E-state index in [4.69, 9.17) is 5.11 Å². The van der Waals surface area contributed by atoms with E-state index in [0.717, 1.165) is 0 Å². The number of allylic oxidation sites excluding steroid dienone is 1. The van der Waals surface area contributed by atoms with Crippen LogP contribution in [-0.4, -0.2) is 17.0 Å². The minimum Gasteiger partial charge on any atom is -0.477 e. The van der Waals surface area contributed by atoms with E-state index in [2.05, 4.69) is 5.32 Å². The van der Waals surface area contributed by atoms with Gasteiger partial charge < -0.3 is 10.4 Å². The average Bonchev–Trinajstić information content (AvgIpc) is 2.29. The molecule has 2 N–H and O–H groups in total. The van der Waals surface area contributed by atoms with Crippen molar-refractivity contribution in [2.75, 3.05) is 0 Å². The van der Waals surface area contributed by atoms with E-state index in [-0.39, 0.29) is 5.70 Å². The first-order valence-electron chi connectivity index (χ1n) is 4.95. The van der Waals surface area contributed by atoms with Gasteiger partial charge in [0.05, 0.1) is 0 Å². The van der Waals surface area contributed by atoms with Gasteiger partial charge in [-0.2, -0.15) is 0 Å². The lowest BCUT2D eigenvalue weighted by Crippen LogP contribution is -2.27. The predicted octanol–water partition coefficient (Wildman–Crippen LogP) is 1.79. The van der Waals surface area contributed by atoms with E-state index in [1.165, 1.54) is 6.08 Å². The zero-order chi connectivity index (χ0) is 12.0. The molecule has 4 heteroatoms. The number of hydrogen-bond donors (Lipinski definition) is 2. The number of benzene rings is 1. The van der Waals surface area contributed by atoms with E-state index >= 15 is 0 Å². The summed E-state index contributed by atoms with van der Waals surface area (Å²) in [5.74, 6) is -1.55. The molecular formula is C12H13NO3. The van der Waals surface area contributed by atoms with Gasteiger partial charge in [0, 0.05) is 5.56 Å². The first kappa shape index (κ1) is 12.0. The number of carbonyl (C=O) groups is 2. The van der Waals surface area contributed by atoms with Crippen molar-refractivity contribution in [3.05, 3.63) is 47.7 Å². The molecule has 1 amide bonds. The Morgan fingerprint density at radius 2 is 1.94 bits per heavy atom. The summed E-state index contributed by atoms with van der Waals surface area (Å²) in [5.41, 5.74) is 0.349. The van der Waals surface area contributed by atoms with Gasteiger partial charge in [0.2, 0.25) is 0 Å². The summed E-state index contributed by atoms with van der Waals surface area (Å²) < 4.78 is 0. The predicted molar refractivity (Wildman–Crippen MR) is 59.9 cm³/mol. The Morgan fingerprint density at radius 3 is 2.44 bits per heavy atom. The molecule has 16 heavy (non-hydrogen) atoms. The van der Waals surface area contributed by atoms with Crippen LogP contribution in [0.25, 0.3) is 0 Å². The lowest BCUT2D eigenvalue weighted by molar-refractivity contribution is -0.133. The zero-order valence-electron chi connectivity index (χ0n) is 8.93. The quantitative estimate of drug-likeness (QED) is 0.759. The van der Waals surface area contributed by atoms with Crippen molar-refractivity contribution < 1.29 is 14.7 Å². The standard InChI is InChI=1S/C12H13NO3/c1-2-6-10(12(15)16)13-11(14)9-7-4-3-5-8-9/h3-8H,2H2,1H3,(H,13,14)(H,15,16)/b10-6+. The third-order valence-corrected chi connectivity index (χ3v) is 1.92. The Balaban J connectivity index is 2.78. The molecule has 0 spiro atoms. The Bertz CT molecular complexity index is 410. The Hall–Kier alpha value is -2.10. The largest absolute Gasteiger partial charge is 0.477 e. The fourth-order valence-electron chi connectivity index (χ4n) is 1.18. The van der Waals surface area contributed by atoms with E-state index < -0.39 is 11.9 Å². The van der Waals surface area contributed by atoms with Crippen LogP contribution in [-0.2, 0) is 4.79 Å². The maximum atomic E-state index is 11.6. The zero-order valence-corrected chi connectivity index (χ0v) is 8.93. The second-order valence-corrected chi connectivity index (χ2v) is 3.15. The van der Waals surface area contributed by atoms with Crippen molar-refractivity contribution in [2.45, 2.75) is 13.3 Å². The fourth-order valence-corrected chi connectivity index (χ4v) is 1.18. The van der Waals surface area contributed by atoms with Crippen molar-refractivity contribution in [1.29, 1.82) is 0 Å². The molecule has 1 rings (SSSR count). The molecule has 1 aromatic rings. The van der Waals surface area contributed by atoms with Gasteiger partial charge in [-0.05, 0) is 18.6 Å². The van der Waals surface area contributed by atoms with Gasteiger partial charge in [0.15, 0.2) is 0 Å². The summed E-state index contributed by atoms with van der Waals surface area (Å²) in [5, 5.41) is 11.2. The van der Waals surface area contributed by atoms with Crippen molar-refractivity contribution in [2.24, 2.45) is 0 Å². The van der Waals surface area contributed by atoms with Crippen LogP contribution >= 0.6 is 0 Å². The van der Waals surface area contributed by atoms with Crippen LogP contribution in [0.1, 0.15) is 23.7 Å². The summed E-state index contributed by atoms with van der Waals surface area (Å²) in [6, 6.07) is 8.48. The molecule has 0 bridgehead atoms. The molecule has 0 fully saturated rings. The summed E-state index contributed by atoms with van der Waals surface area (Å²) in [4.78, 5) is 22.4. The lowest BCUT2D eigenvalue weighted by atomic mass is 10.2. The third kappa shape index (κ3) is 3.24. The topological polar surface area (TPSA) is 66.4 Å².